The number of halogens is 4. The van der Waals surface area contributed by atoms with Crippen molar-refractivity contribution < 1.29 is 14.3 Å². The van der Waals surface area contributed by atoms with Crippen molar-refractivity contribution >= 4 is 69.9 Å². The predicted octanol–water partition coefficient (Wildman–Crippen LogP) is 6.31. The summed E-state index contributed by atoms with van der Waals surface area (Å²) < 4.78 is 13.3. The van der Waals surface area contributed by atoms with E-state index in [1.54, 1.807) is 36.4 Å². The van der Waals surface area contributed by atoms with Crippen LogP contribution in [0.5, 0.6) is 11.5 Å². The van der Waals surface area contributed by atoms with E-state index >= 15 is 0 Å². The molecule has 104 valence electrons. The largest absolute Gasteiger partial charge is 0.519 e. The van der Waals surface area contributed by atoms with E-state index in [2.05, 4.69) is 63.7 Å². The first-order valence-electron chi connectivity index (χ1n) is 5.25. The van der Waals surface area contributed by atoms with Crippen LogP contribution in [-0.4, -0.2) is 6.16 Å². The van der Waals surface area contributed by atoms with Crippen LogP contribution in [0.15, 0.2) is 54.3 Å². The van der Waals surface area contributed by atoms with Crippen molar-refractivity contribution in [2.75, 3.05) is 0 Å². The van der Waals surface area contributed by atoms with Crippen molar-refractivity contribution in [3.8, 4) is 11.5 Å². The monoisotopic (exact) mass is 526 g/mol. The lowest BCUT2D eigenvalue weighted by Crippen LogP contribution is -2.14. The summed E-state index contributed by atoms with van der Waals surface area (Å²) >= 11 is 13.3. The standard InChI is InChI=1S/C13H6Br4O3/c14-7-1-3-11(9(16)5-7)19-13(18)20-12-4-2-8(15)6-10(12)17/h1-6H. The molecule has 2 rings (SSSR count). The van der Waals surface area contributed by atoms with Crippen LogP contribution >= 0.6 is 63.7 Å². The molecule has 0 aromatic heterocycles. The number of benzene rings is 2. The molecule has 0 heterocycles. The number of hydrogen-bond acceptors (Lipinski definition) is 3. The Morgan fingerprint density at radius 1 is 0.750 bits per heavy atom. The van der Waals surface area contributed by atoms with E-state index in [4.69, 9.17) is 9.47 Å². The van der Waals surface area contributed by atoms with E-state index in [1.165, 1.54) is 0 Å². The van der Waals surface area contributed by atoms with Gasteiger partial charge in [0, 0.05) is 8.95 Å². The van der Waals surface area contributed by atoms with Crippen molar-refractivity contribution in [1.82, 2.24) is 0 Å². The minimum Gasteiger partial charge on any atom is -0.394 e. The Balaban J connectivity index is 2.09. The summed E-state index contributed by atoms with van der Waals surface area (Å²) in [5.41, 5.74) is 0. The maximum atomic E-state index is 11.7. The van der Waals surface area contributed by atoms with Crippen molar-refractivity contribution in [2.24, 2.45) is 0 Å². The maximum absolute atomic E-state index is 11.7. The Bertz CT molecular complexity index is 603. The van der Waals surface area contributed by atoms with Gasteiger partial charge < -0.3 is 9.47 Å². The van der Waals surface area contributed by atoms with Crippen molar-refractivity contribution in [2.45, 2.75) is 0 Å². The van der Waals surface area contributed by atoms with Gasteiger partial charge in [-0.2, -0.15) is 0 Å². The zero-order valence-electron chi connectivity index (χ0n) is 9.70. The maximum Gasteiger partial charge on any atom is 0.519 e. The molecule has 20 heavy (non-hydrogen) atoms. The van der Waals surface area contributed by atoms with E-state index in [9.17, 15) is 4.79 Å². The summed E-state index contributed by atoms with van der Waals surface area (Å²) in [7, 11) is 0. The Labute approximate surface area is 149 Å². The fraction of sp³-hybridized carbons (Fsp3) is 0. The van der Waals surface area contributed by atoms with Gasteiger partial charge in [-0.3, -0.25) is 0 Å². The van der Waals surface area contributed by atoms with Crippen LogP contribution in [0, 0.1) is 0 Å². The molecule has 2 aromatic rings. The SMILES string of the molecule is O=C(Oc1ccc(Br)cc1Br)Oc1ccc(Br)cc1Br. The summed E-state index contributed by atoms with van der Waals surface area (Å²) in [6, 6.07) is 10.4. The van der Waals surface area contributed by atoms with Crippen molar-refractivity contribution in [3.63, 3.8) is 0 Å². The summed E-state index contributed by atoms with van der Waals surface area (Å²) in [5.74, 6) is 0.762. The predicted molar refractivity (Wildman–Crippen MR) is 90.3 cm³/mol. The number of rotatable bonds is 2. The molecular formula is C13H6Br4O3. The molecular weight excluding hydrogens is 524 g/mol. The average Bonchev–Trinajstić information content (AvgIpc) is 2.36. The van der Waals surface area contributed by atoms with E-state index < -0.39 is 6.16 Å². The molecule has 0 bridgehead atoms. The molecule has 2 aromatic carbocycles. The van der Waals surface area contributed by atoms with Gasteiger partial charge in [-0.05, 0) is 68.3 Å². The van der Waals surface area contributed by atoms with Crippen LogP contribution in [0.25, 0.3) is 0 Å². The minimum atomic E-state index is -0.809. The molecule has 0 radical (unpaired) electrons. The summed E-state index contributed by atoms with van der Waals surface area (Å²) in [4.78, 5) is 11.7. The fourth-order valence-electron chi connectivity index (χ4n) is 1.32. The molecule has 3 nitrogen and oxygen atoms in total. The molecule has 0 aliphatic rings. The first-order valence-corrected chi connectivity index (χ1v) is 8.42. The normalized spacial score (nSPS) is 10.2. The van der Waals surface area contributed by atoms with Crippen LogP contribution in [0.3, 0.4) is 0 Å². The van der Waals surface area contributed by atoms with Gasteiger partial charge in [-0.15, -0.1) is 0 Å². The van der Waals surface area contributed by atoms with Crippen molar-refractivity contribution in [1.29, 1.82) is 0 Å². The Morgan fingerprint density at radius 3 is 1.50 bits per heavy atom. The van der Waals surface area contributed by atoms with Crippen molar-refractivity contribution in [3.05, 3.63) is 54.3 Å². The molecule has 0 unspecified atom stereocenters. The lowest BCUT2D eigenvalue weighted by atomic mass is 10.3. The first-order chi connectivity index (χ1) is 9.45. The average molecular weight is 530 g/mol. The second kappa shape index (κ2) is 7.06. The lowest BCUT2D eigenvalue weighted by molar-refractivity contribution is 0.151. The van der Waals surface area contributed by atoms with Crippen LogP contribution in [0.4, 0.5) is 4.79 Å². The third-order valence-electron chi connectivity index (χ3n) is 2.17. The zero-order valence-corrected chi connectivity index (χ0v) is 16.0. The lowest BCUT2D eigenvalue weighted by Gasteiger charge is -2.08. The molecule has 0 saturated heterocycles. The molecule has 0 saturated carbocycles. The molecule has 0 fully saturated rings. The number of carbonyl (C=O) groups is 1. The first kappa shape index (κ1) is 16.0. The third kappa shape index (κ3) is 4.31. The number of ether oxygens (including phenoxy) is 2. The molecule has 7 heteroatoms. The van der Waals surface area contributed by atoms with E-state index in [0.29, 0.717) is 20.4 Å². The van der Waals surface area contributed by atoms with Gasteiger partial charge in [0.1, 0.15) is 11.5 Å². The molecule has 0 atom stereocenters. The van der Waals surface area contributed by atoms with Crippen LogP contribution in [0.2, 0.25) is 0 Å². The molecule has 0 amide bonds. The summed E-state index contributed by atoms with van der Waals surface area (Å²) in [6.45, 7) is 0. The van der Waals surface area contributed by atoms with E-state index in [0.717, 1.165) is 8.95 Å². The fourth-order valence-corrected chi connectivity index (χ4v) is 3.57. The topological polar surface area (TPSA) is 35.5 Å². The van der Waals surface area contributed by atoms with E-state index in [-0.39, 0.29) is 0 Å². The molecule has 0 spiro atoms. The van der Waals surface area contributed by atoms with Gasteiger partial charge in [-0.1, -0.05) is 31.9 Å². The second-order valence-electron chi connectivity index (χ2n) is 3.60. The Morgan fingerprint density at radius 2 is 1.15 bits per heavy atom. The highest BCUT2D eigenvalue weighted by atomic mass is 79.9. The van der Waals surface area contributed by atoms with Gasteiger partial charge in [0.2, 0.25) is 0 Å². The highest BCUT2D eigenvalue weighted by Gasteiger charge is 2.13. The van der Waals surface area contributed by atoms with Crippen LogP contribution < -0.4 is 9.47 Å². The van der Waals surface area contributed by atoms with Gasteiger partial charge in [-0.25, -0.2) is 4.79 Å². The van der Waals surface area contributed by atoms with Crippen LogP contribution in [-0.2, 0) is 0 Å². The van der Waals surface area contributed by atoms with Crippen LogP contribution in [0.1, 0.15) is 0 Å². The van der Waals surface area contributed by atoms with Gasteiger partial charge in [0.25, 0.3) is 0 Å². The quantitative estimate of drug-likeness (QED) is 0.338. The smallest absolute Gasteiger partial charge is 0.394 e. The highest BCUT2D eigenvalue weighted by Crippen LogP contribution is 2.30. The molecule has 0 aliphatic carbocycles. The Hall–Kier alpha value is -0.370. The molecule has 0 N–H and O–H groups in total. The van der Waals surface area contributed by atoms with Gasteiger partial charge in [0.05, 0.1) is 8.95 Å². The van der Waals surface area contributed by atoms with Gasteiger partial charge >= 0.3 is 6.16 Å². The minimum absolute atomic E-state index is 0.381. The summed E-state index contributed by atoms with van der Waals surface area (Å²) in [5, 5.41) is 0. The zero-order chi connectivity index (χ0) is 14.7. The number of carbonyl (C=O) groups excluding carboxylic acids is 1. The van der Waals surface area contributed by atoms with Gasteiger partial charge in [0.15, 0.2) is 0 Å². The molecule has 0 aliphatic heterocycles. The van der Waals surface area contributed by atoms with E-state index in [1.807, 2.05) is 0 Å². The third-order valence-corrected chi connectivity index (χ3v) is 4.40. The Kier molecular flexibility index (Phi) is 5.65. The highest BCUT2D eigenvalue weighted by molar-refractivity contribution is 9.11. The second-order valence-corrected chi connectivity index (χ2v) is 7.14. The summed E-state index contributed by atoms with van der Waals surface area (Å²) in [6.07, 6.45) is -0.809. The number of hydrogen-bond donors (Lipinski definition) is 0.